The molecule has 0 N–H and O–H groups in total. The summed E-state index contributed by atoms with van der Waals surface area (Å²) in [6, 6.07) is 0. The summed E-state index contributed by atoms with van der Waals surface area (Å²) in [4.78, 5) is 0. The lowest BCUT2D eigenvalue weighted by atomic mass is 9.98. The van der Waals surface area contributed by atoms with Gasteiger partial charge in [0.1, 0.15) is 0 Å². The molecular formula is C8H11BCl2. The molecule has 0 unspecified atom stereocenters. The number of halogens is 2. The van der Waals surface area contributed by atoms with Crippen LogP contribution in [0.5, 0.6) is 0 Å². The lowest BCUT2D eigenvalue weighted by Gasteiger charge is -1.93. The first kappa shape index (κ1) is 10.9. The maximum Gasteiger partial charge on any atom is 0.355 e. The average molecular weight is 189 g/mol. The molecule has 0 rings (SSSR count). The Bertz CT molecular complexity index is 186. The Balaban J connectivity index is 3.68. The zero-order chi connectivity index (χ0) is 8.69. The van der Waals surface area contributed by atoms with Crippen molar-refractivity contribution >= 4 is 28.5 Å². The van der Waals surface area contributed by atoms with Crippen molar-refractivity contribution < 1.29 is 0 Å². The van der Waals surface area contributed by atoms with Crippen molar-refractivity contribution in [1.82, 2.24) is 0 Å². The van der Waals surface area contributed by atoms with Crippen LogP contribution >= 0.6 is 22.9 Å². The van der Waals surface area contributed by atoms with Gasteiger partial charge < -0.3 is 0 Å². The molecule has 0 aliphatic heterocycles. The minimum atomic E-state index is -0.292. The lowest BCUT2D eigenvalue weighted by Crippen LogP contribution is -1.88. The van der Waals surface area contributed by atoms with Gasteiger partial charge in [-0.15, -0.1) is 5.92 Å². The van der Waals surface area contributed by atoms with Crippen LogP contribution in [0.15, 0.2) is 11.6 Å². The van der Waals surface area contributed by atoms with E-state index in [0.717, 1.165) is 6.42 Å². The first-order chi connectivity index (χ1) is 5.16. The molecule has 0 radical (unpaired) electrons. The van der Waals surface area contributed by atoms with Gasteiger partial charge in [0.2, 0.25) is 0 Å². The van der Waals surface area contributed by atoms with Crippen LogP contribution < -0.4 is 0 Å². The molecule has 0 aromatic carbocycles. The summed E-state index contributed by atoms with van der Waals surface area (Å²) in [7, 11) is 0. The fourth-order valence-electron chi connectivity index (χ4n) is 0.590. The first-order valence-electron chi connectivity index (χ1n) is 3.50. The van der Waals surface area contributed by atoms with Crippen molar-refractivity contribution in [2.24, 2.45) is 0 Å². The molecule has 0 spiro atoms. The second kappa shape index (κ2) is 6.64. The Morgan fingerprint density at radius 1 is 1.55 bits per heavy atom. The highest BCUT2D eigenvalue weighted by Gasteiger charge is 2.01. The molecule has 11 heavy (non-hydrogen) atoms. The van der Waals surface area contributed by atoms with E-state index >= 15 is 0 Å². The quantitative estimate of drug-likeness (QED) is 0.362. The summed E-state index contributed by atoms with van der Waals surface area (Å²) < 4.78 is 0. The normalized spacial score (nSPS) is 10.4. The molecule has 0 fully saturated rings. The Labute approximate surface area is 78.9 Å². The Morgan fingerprint density at radius 2 is 2.18 bits per heavy atom. The molecule has 60 valence electrons. The Morgan fingerprint density at radius 3 is 2.64 bits per heavy atom. The van der Waals surface area contributed by atoms with Crippen molar-refractivity contribution in [3.05, 3.63) is 11.6 Å². The average Bonchev–Trinajstić information content (AvgIpc) is 1.97. The van der Waals surface area contributed by atoms with Crippen molar-refractivity contribution in [1.29, 1.82) is 0 Å². The largest absolute Gasteiger partial charge is 0.355 e. The van der Waals surface area contributed by atoms with Gasteiger partial charge in [0.15, 0.2) is 0 Å². The van der Waals surface area contributed by atoms with Crippen LogP contribution in [0, 0.1) is 11.8 Å². The summed E-state index contributed by atoms with van der Waals surface area (Å²) in [5.41, 5.74) is 0.935. The highest BCUT2D eigenvalue weighted by atomic mass is 35.5. The topological polar surface area (TPSA) is 0 Å². The molecule has 0 aliphatic carbocycles. The fraction of sp³-hybridized carbons (Fsp3) is 0.500. The number of hydrogen-bond acceptors (Lipinski definition) is 0. The van der Waals surface area contributed by atoms with Crippen LogP contribution in [0.2, 0.25) is 6.32 Å². The number of allylic oxidation sites excluding steroid dienone is 2. The van der Waals surface area contributed by atoms with Gasteiger partial charge in [-0.05, 0) is 20.2 Å². The van der Waals surface area contributed by atoms with Gasteiger partial charge >= 0.3 is 5.54 Å². The van der Waals surface area contributed by atoms with E-state index in [1.807, 2.05) is 19.9 Å². The summed E-state index contributed by atoms with van der Waals surface area (Å²) in [6.07, 6.45) is 3.55. The van der Waals surface area contributed by atoms with E-state index in [4.69, 9.17) is 22.9 Å². The highest BCUT2D eigenvalue weighted by Crippen LogP contribution is 2.07. The molecule has 0 amide bonds. The van der Waals surface area contributed by atoms with Crippen LogP contribution in [-0.4, -0.2) is 5.54 Å². The zero-order valence-electron chi connectivity index (χ0n) is 6.82. The third kappa shape index (κ3) is 7.85. The summed E-state index contributed by atoms with van der Waals surface area (Å²) in [6.45, 7) is 3.86. The molecule has 0 atom stereocenters. The molecule has 0 bridgehead atoms. The van der Waals surface area contributed by atoms with Gasteiger partial charge in [-0.1, -0.05) is 17.6 Å². The second-order valence-corrected chi connectivity index (χ2v) is 3.56. The van der Waals surface area contributed by atoms with Gasteiger partial charge in [0, 0.05) is 6.42 Å². The summed E-state index contributed by atoms with van der Waals surface area (Å²) in [5, 5.41) is 0. The zero-order valence-corrected chi connectivity index (χ0v) is 8.34. The predicted molar refractivity (Wildman–Crippen MR) is 54.1 cm³/mol. The first-order valence-corrected chi connectivity index (χ1v) is 4.37. The van der Waals surface area contributed by atoms with Crippen LogP contribution in [0.3, 0.4) is 0 Å². The molecule has 0 aliphatic rings. The van der Waals surface area contributed by atoms with Gasteiger partial charge in [-0.3, -0.25) is 0 Å². The van der Waals surface area contributed by atoms with Crippen molar-refractivity contribution in [3.8, 4) is 11.8 Å². The minimum Gasteiger partial charge on any atom is -0.171 e. The standard InChI is InChI=1S/C8H11BCl2/c1-3-4-5-8(2)6-7-9(10)11/h6H,5,7H2,1-2H3/b8-6-. The molecule has 0 aromatic rings. The van der Waals surface area contributed by atoms with Crippen molar-refractivity contribution in [3.63, 3.8) is 0 Å². The molecule has 3 heteroatoms. The maximum atomic E-state index is 5.54. The Hall–Kier alpha value is -0.0551. The predicted octanol–water partition coefficient (Wildman–Crippen LogP) is 3.31. The van der Waals surface area contributed by atoms with Crippen LogP contribution in [0.25, 0.3) is 0 Å². The molecule has 0 aromatic heterocycles. The monoisotopic (exact) mass is 188 g/mol. The van der Waals surface area contributed by atoms with E-state index in [-0.39, 0.29) is 5.54 Å². The van der Waals surface area contributed by atoms with Crippen LogP contribution in [0.1, 0.15) is 20.3 Å². The van der Waals surface area contributed by atoms with E-state index < -0.39 is 0 Å². The van der Waals surface area contributed by atoms with E-state index in [0.29, 0.717) is 6.32 Å². The van der Waals surface area contributed by atoms with E-state index in [1.165, 1.54) is 5.57 Å². The SMILES string of the molecule is CC#CC/C(C)=C\CB(Cl)Cl. The second-order valence-electron chi connectivity index (χ2n) is 2.28. The maximum absolute atomic E-state index is 5.54. The Kier molecular flexibility index (Phi) is 6.61. The van der Waals surface area contributed by atoms with Crippen LogP contribution in [-0.2, 0) is 0 Å². The molecular weight excluding hydrogens is 178 g/mol. The minimum absolute atomic E-state index is 0.292. The van der Waals surface area contributed by atoms with Gasteiger partial charge in [-0.25, -0.2) is 0 Å². The molecule has 0 saturated heterocycles. The smallest absolute Gasteiger partial charge is 0.171 e. The highest BCUT2D eigenvalue weighted by molar-refractivity contribution is 7.33. The van der Waals surface area contributed by atoms with Crippen molar-refractivity contribution in [2.75, 3.05) is 0 Å². The van der Waals surface area contributed by atoms with Crippen molar-refractivity contribution in [2.45, 2.75) is 26.6 Å². The molecule has 0 saturated carbocycles. The third-order valence-corrected chi connectivity index (χ3v) is 1.54. The number of rotatable bonds is 3. The van der Waals surface area contributed by atoms with Gasteiger partial charge in [-0.2, -0.15) is 22.9 Å². The lowest BCUT2D eigenvalue weighted by molar-refractivity contribution is 1.23. The van der Waals surface area contributed by atoms with E-state index in [2.05, 4.69) is 11.8 Å². The van der Waals surface area contributed by atoms with Gasteiger partial charge in [0.05, 0.1) is 0 Å². The third-order valence-electron chi connectivity index (χ3n) is 1.19. The summed E-state index contributed by atoms with van der Waals surface area (Å²) in [5.74, 6) is 5.80. The van der Waals surface area contributed by atoms with E-state index in [1.54, 1.807) is 0 Å². The number of hydrogen-bond donors (Lipinski definition) is 0. The summed E-state index contributed by atoms with van der Waals surface area (Å²) >= 11 is 11.1. The van der Waals surface area contributed by atoms with Gasteiger partial charge in [0.25, 0.3) is 0 Å². The van der Waals surface area contributed by atoms with E-state index in [9.17, 15) is 0 Å². The molecule has 0 nitrogen and oxygen atoms in total. The molecule has 0 heterocycles. The fourth-order valence-corrected chi connectivity index (χ4v) is 0.768. The van der Waals surface area contributed by atoms with Crippen LogP contribution in [0.4, 0.5) is 0 Å².